The van der Waals surface area contributed by atoms with Gasteiger partial charge < -0.3 is 4.74 Å². The summed E-state index contributed by atoms with van der Waals surface area (Å²) in [5.74, 6) is 1.17. The highest BCUT2D eigenvalue weighted by atomic mass is 32.2. The van der Waals surface area contributed by atoms with Crippen LogP contribution in [0.25, 0.3) is 0 Å². The Kier molecular flexibility index (Phi) is 6.90. The molecule has 1 amide bonds. The van der Waals surface area contributed by atoms with Crippen molar-refractivity contribution in [2.75, 3.05) is 0 Å². The molecule has 0 spiro atoms. The van der Waals surface area contributed by atoms with E-state index < -0.39 is 0 Å². The molecular formula is C22H21NO3S. The number of hydrogen-bond acceptors (Lipinski definition) is 4. The average Bonchev–Trinajstić information content (AvgIpc) is 2.71. The van der Waals surface area contributed by atoms with E-state index in [1.54, 1.807) is 17.2 Å². The Bertz CT molecular complexity index is 838. The Hall–Kier alpha value is -2.76. The predicted molar refractivity (Wildman–Crippen MR) is 107 cm³/mol. The Morgan fingerprint density at radius 1 is 0.889 bits per heavy atom. The molecule has 0 saturated heterocycles. The third-order valence-electron chi connectivity index (χ3n) is 3.95. The molecule has 0 bridgehead atoms. The van der Waals surface area contributed by atoms with Gasteiger partial charge in [0.25, 0.3) is 0 Å². The Morgan fingerprint density at radius 2 is 1.48 bits per heavy atom. The minimum atomic E-state index is -0.382. The fourth-order valence-electron chi connectivity index (χ4n) is 2.69. The van der Waals surface area contributed by atoms with Crippen LogP contribution in [0, 0.1) is 0 Å². The molecule has 138 valence electrons. The first-order chi connectivity index (χ1) is 13.2. The first-order valence-corrected chi connectivity index (χ1v) is 9.57. The lowest BCUT2D eigenvalue weighted by Crippen LogP contribution is -2.24. The molecule has 0 aliphatic carbocycles. The fourth-order valence-corrected chi connectivity index (χ4v) is 3.88. The standard InChI is InChI=1S/C22H21NO3S/c24-22(23-25)16-21(15-17-7-3-1-4-8-17)27-20-13-11-19(12-14-20)26-18-9-5-2-6-10-18/h1-14,21,25H,15-16H2,(H,23,24). The SMILES string of the molecule is O=C(CC(Cc1ccccc1)Sc1ccc(Oc2ccccc2)cc1)NO. The molecule has 0 saturated carbocycles. The molecule has 0 aromatic heterocycles. The first kappa shape index (κ1) is 19.0. The molecule has 0 radical (unpaired) electrons. The van der Waals surface area contributed by atoms with Crippen LogP contribution in [0.15, 0.2) is 89.8 Å². The van der Waals surface area contributed by atoms with Crippen LogP contribution >= 0.6 is 11.8 Å². The summed E-state index contributed by atoms with van der Waals surface area (Å²) in [5, 5.41) is 8.88. The van der Waals surface area contributed by atoms with Gasteiger partial charge in [0.05, 0.1) is 0 Å². The van der Waals surface area contributed by atoms with Gasteiger partial charge in [0.15, 0.2) is 0 Å². The van der Waals surface area contributed by atoms with E-state index >= 15 is 0 Å². The Morgan fingerprint density at radius 3 is 2.11 bits per heavy atom. The number of benzene rings is 3. The summed E-state index contributed by atoms with van der Waals surface area (Å²) in [4.78, 5) is 12.7. The number of carbonyl (C=O) groups is 1. The molecule has 3 aromatic carbocycles. The number of thioether (sulfide) groups is 1. The van der Waals surface area contributed by atoms with Gasteiger partial charge >= 0.3 is 0 Å². The lowest BCUT2D eigenvalue weighted by atomic mass is 10.1. The van der Waals surface area contributed by atoms with Crippen molar-refractivity contribution < 1.29 is 14.7 Å². The van der Waals surface area contributed by atoms with Gasteiger partial charge in [-0.05, 0) is 48.4 Å². The molecule has 0 heterocycles. The summed E-state index contributed by atoms with van der Waals surface area (Å²) < 4.78 is 5.81. The van der Waals surface area contributed by atoms with E-state index in [-0.39, 0.29) is 17.6 Å². The lowest BCUT2D eigenvalue weighted by Gasteiger charge is -2.16. The number of carbonyl (C=O) groups excluding carboxylic acids is 1. The van der Waals surface area contributed by atoms with Crippen LogP contribution in [0.5, 0.6) is 11.5 Å². The Balaban J connectivity index is 1.66. The molecule has 3 rings (SSSR count). The number of para-hydroxylation sites is 1. The number of hydrogen-bond donors (Lipinski definition) is 2. The first-order valence-electron chi connectivity index (χ1n) is 8.69. The maximum Gasteiger partial charge on any atom is 0.244 e. The third kappa shape index (κ3) is 6.16. The van der Waals surface area contributed by atoms with Crippen LogP contribution in [-0.4, -0.2) is 16.4 Å². The number of nitrogens with one attached hydrogen (secondary N) is 1. The molecular weight excluding hydrogens is 358 g/mol. The topological polar surface area (TPSA) is 58.6 Å². The third-order valence-corrected chi connectivity index (χ3v) is 5.16. The number of rotatable bonds is 8. The van der Waals surface area contributed by atoms with Crippen molar-refractivity contribution in [3.8, 4) is 11.5 Å². The molecule has 1 atom stereocenters. The highest BCUT2D eigenvalue weighted by molar-refractivity contribution is 8.00. The normalized spacial score (nSPS) is 11.6. The van der Waals surface area contributed by atoms with Crippen molar-refractivity contribution in [1.29, 1.82) is 0 Å². The van der Waals surface area contributed by atoms with Gasteiger partial charge in [-0.3, -0.25) is 10.0 Å². The van der Waals surface area contributed by atoms with Crippen LogP contribution in [0.2, 0.25) is 0 Å². The molecule has 2 N–H and O–H groups in total. The van der Waals surface area contributed by atoms with Crippen LogP contribution in [-0.2, 0) is 11.2 Å². The van der Waals surface area contributed by atoms with Crippen molar-refractivity contribution in [2.24, 2.45) is 0 Å². The largest absolute Gasteiger partial charge is 0.457 e. The highest BCUT2D eigenvalue weighted by Gasteiger charge is 2.16. The zero-order valence-electron chi connectivity index (χ0n) is 14.7. The molecule has 0 aliphatic heterocycles. The summed E-state index contributed by atoms with van der Waals surface area (Å²) in [5.41, 5.74) is 2.89. The molecule has 5 heteroatoms. The quantitative estimate of drug-likeness (QED) is 0.326. The van der Waals surface area contributed by atoms with Crippen LogP contribution < -0.4 is 10.2 Å². The van der Waals surface area contributed by atoms with Crippen molar-refractivity contribution in [2.45, 2.75) is 23.0 Å². The van der Waals surface area contributed by atoms with Gasteiger partial charge in [-0.2, -0.15) is 0 Å². The summed E-state index contributed by atoms with van der Waals surface area (Å²) in [6.07, 6.45) is 0.972. The maximum absolute atomic E-state index is 11.7. The molecule has 1 unspecified atom stereocenters. The zero-order valence-corrected chi connectivity index (χ0v) is 15.6. The van der Waals surface area contributed by atoms with Gasteiger partial charge in [-0.1, -0.05) is 48.5 Å². The summed E-state index contributed by atoms with van der Waals surface area (Å²) in [6, 6.07) is 27.5. The van der Waals surface area contributed by atoms with Gasteiger partial charge in [0.1, 0.15) is 11.5 Å². The predicted octanol–water partition coefficient (Wildman–Crippen LogP) is 5.08. The minimum Gasteiger partial charge on any atom is -0.457 e. The number of amides is 1. The molecule has 3 aromatic rings. The van der Waals surface area contributed by atoms with E-state index in [4.69, 9.17) is 9.94 Å². The van der Waals surface area contributed by atoms with Crippen LogP contribution in [0.1, 0.15) is 12.0 Å². The summed E-state index contributed by atoms with van der Waals surface area (Å²) in [6.45, 7) is 0. The molecule has 4 nitrogen and oxygen atoms in total. The van der Waals surface area contributed by atoms with E-state index in [1.807, 2.05) is 84.9 Å². The zero-order chi connectivity index (χ0) is 18.9. The van der Waals surface area contributed by atoms with Gasteiger partial charge in [-0.15, -0.1) is 11.8 Å². The van der Waals surface area contributed by atoms with E-state index in [0.717, 1.165) is 28.4 Å². The van der Waals surface area contributed by atoms with Crippen molar-refractivity contribution in [3.63, 3.8) is 0 Å². The molecule has 0 aliphatic rings. The van der Waals surface area contributed by atoms with Gasteiger partial charge in [-0.25, -0.2) is 5.48 Å². The average molecular weight is 379 g/mol. The Labute approximate surface area is 163 Å². The van der Waals surface area contributed by atoms with Crippen molar-refractivity contribution in [1.82, 2.24) is 5.48 Å². The van der Waals surface area contributed by atoms with Crippen LogP contribution in [0.3, 0.4) is 0 Å². The van der Waals surface area contributed by atoms with E-state index in [0.29, 0.717) is 0 Å². The second-order valence-corrected chi connectivity index (χ2v) is 7.43. The minimum absolute atomic E-state index is 0.0143. The second-order valence-electron chi connectivity index (χ2n) is 6.06. The smallest absolute Gasteiger partial charge is 0.244 e. The second kappa shape index (κ2) is 9.80. The number of ether oxygens (including phenoxy) is 1. The van der Waals surface area contributed by atoms with E-state index in [2.05, 4.69) is 0 Å². The van der Waals surface area contributed by atoms with Gasteiger partial charge in [0, 0.05) is 16.6 Å². The van der Waals surface area contributed by atoms with Crippen molar-refractivity contribution in [3.05, 3.63) is 90.5 Å². The van der Waals surface area contributed by atoms with E-state index in [1.165, 1.54) is 0 Å². The molecule has 0 fully saturated rings. The van der Waals surface area contributed by atoms with E-state index in [9.17, 15) is 4.79 Å². The van der Waals surface area contributed by atoms with Crippen LogP contribution in [0.4, 0.5) is 0 Å². The fraction of sp³-hybridized carbons (Fsp3) is 0.136. The number of hydroxylamine groups is 1. The van der Waals surface area contributed by atoms with Gasteiger partial charge in [0.2, 0.25) is 5.91 Å². The molecule has 27 heavy (non-hydrogen) atoms. The maximum atomic E-state index is 11.7. The summed E-state index contributed by atoms with van der Waals surface area (Å²) >= 11 is 1.61. The monoisotopic (exact) mass is 379 g/mol. The van der Waals surface area contributed by atoms with Crippen molar-refractivity contribution >= 4 is 17.7 Å². The highest BCUT2D eigenvalue weighted by Crippen LogP contribution is 2.30. The lowest BCUT2D eigenvalue weighted by molar-refractivity contribution is -0.129. The summed E-state index contributed by atoms with van der Waals surface area (Å²) in [7, 11) is 0.